The number of amides is 1. The number of hydrogen-bond acceptors (Lipinski definition) is 5. The minimum Gasteiger partial charge on any atom is -0.397 e. The summed E-state index contributed by atoms with van der Waals surface area (Å²) in [4.78, 5) is 28.5. The first-order valence-electron chi connectivity index (χ1n) is 10.9. The molecular weight excluding hydrogens is 465 g/mol. The van der Waals surface area contributed by atoms with E-state index < -0.39 is 13.0 Å². The van der Waals surface area contributed by atoms with Gasteiger partial charge in [-0.1, -0.05) is 37.3 Å². The number of nitrogen functional groups attached to an aromatic ring is 1. The van der Waals surface area contributed by atoms with Crippen molar-refractivity contribution in [2.24, 2.45) is 0 Å². The number of rotatable bonds is 8. The highest BCUT2D eigenvalue weighted by atomic mass is 32.1. The molecule has 0 spiro atoms. The van der Waals surface area contributed by atoms with E-state index in [1.54, 1.807) is 61.0 Å². The summed E-state index contributed by atoms with van der Waals surface area (Å²) >= 11 is 1.62. The zero-order chi connectivity index (χ0) is 24.1. The molecule has 0 saturated heterocycles. The Bertz CT molecular complexity index is 1310. The van der Waals surface area contributed by atoms with Crippen LogP contribution in [0.5, 0.6) is 0 Å². The standard InChI is InChI=1S/C26H26N3O3PS/c1-18(33(31,32)17-20-4-2-12-28-16-20)14-19-6-8-21(9-7-19)26(30)29-24-15-22(10-11-23(24)27)25-5-3-13-34-25/h2-13,15-16,18H,14,17,27H2,1H3,(H,29,30)(H,31,32). The number of anilines is 2. The molecule has 0 aliphatic heterocycles. The fourth-order valence-corrected chi connectivity index (χ4v) is 5.88. The van der Waals surface area contributed by atoms with Crippen LogP contribution in [0.3, 0.4) is 0 Å². The van der Waals surface area contributed by atoms with Crippen LogP contribution in [-0.2, 0) is 17.1 Å². The minimum atomic E-state index is -3.41. The molecule has 0 bridgehead atoms. The Kier molecular flexibility index (Phi) is 7.27. The first-order chi connectivity index (χ1) is 16.3. The fourth-order valence-electron chi connectivity index (χ4n) is 3.64. The summed E-state index contributed by atoms with van der Waals surface area (Å²) in [5, 5.41) is 4.89. The van der Waals surface area contributed by atoms with Gasteiger partial charge in [0.2, 0.25) is 7.37 Å². The van der Waals surface area contributed by atoms with Crippen molar-refractivity contribution in [2.75, 3.05) is 11.1 Å². The lowest BCUT2D eigenvalue weighted by Gasteiger charge is -2.19. The van der Waals surface area contributed by atoms with Crippen molar-refractivity contribution >= 4 is 36.0 Å². The van der Waals surface area contributed by atoms with Crippen molar-refractivity contribution in [2.45, 2.75) is 25.2 Å². The Morgan fingerprint density at radius 3 is 2.59 bits per heavy atom. The van der Waals surface area contributed by atoms with Crippen LogP contribution in [0.1, 0.15) is 28.4 Å². The summed E-state index contributed by atoms with van der Waals surface area (Å²) in [6, 6.07) is 20.2. The number of benzene rings is 2. The van der Waals surface area contributed by atoms with Gasteiger partial charge in [-0.25, -0.2) is 0 Å². The van der Waals surface area contributed by atoms with Gasteiger partial charge < -0.3 is 15.9 Å². The lowest BCUT2D eigenvalue weighted by Crippen LogP contribution is -2.14. The van der Waals surface area contributed by atoms with Crippen molar-refractivity contribution in [3.8, 4) is 10.4 Å². The molecule has 6 nitrogen and oxygen atoms in total. The third-order valence-corrected chi connectivity index (χ3v) is 8.97. The number of thiophene rings is 1. The van der Waals surface area contributed by atoms with Crippen LogP contribution >= 0.6 is 18.7 Å². The molecule has 34 heavy (non-hydrogen) atoms. The Morgan fingerprint density at radius 1 is 1.12 bits per heavy atom. The van der Waals surface area contributed by atoms with E-state index in [1.165, 1.54) is 0 Å². The van der Waals surface area contributed by atoms with Crippen molar-refractivity contribution < 1.29 is 14.3 Å². The van der Waals surface area contributed by atoms with E-state index in [1.807, 2.05) is 41.8 Å². The second-order valence-electron chi connectivity index (χ2n) is 8.26. The van der Waals surface area contributed by atoms with E-state index in [0.29, 0.717) is 23.4 Å². The second kappa shape index (κ2) is 10.3. The molecule has 4 rings (SSSR count). The van der Waals surface area contributed by atoms with Gasteiger partial charge in [-0.05, 0) is 64.9 Å². The molecule has 0 aliphatic rings. The van der Waals surface area contributed by atoms with Gasteiger partial charge in [0.1, 0.15) is 0 Å². The predicted octanol–water partition coefficient (Wildman–Crippen LogP) is 6.05. The minimum absolute atomic E-state index is 0.0917. The summed E-state index contributed by atoms with van der Waals surface area (Å²) in [5.74, 6) is -0.265. The predicted molar refractivity (Wildman–Crippen MR) is 139 cm³/mol. The summed E-state index contributed by atoms with van der Waals surface area (Å²) < 4.78 is 12.9. The average Bonchev–Trinajstić information content (AvgIpc) is 3.36. The number of nitrogens with one attached hydrogen (secondary N) is 1. The van der Waals surface area contributed by atoms with E-state index in [4.69, 9.17) is 5.73 Å². The van der Waals surface area contributed by atoms with Crippen molar-refractivity contribution in [3.05, 3.63) is 101 Å². The molecule has 4 N–H and O–H groups in total. The summed E-state index contributed by atoms with van der Waals surface area (Å²) in [5.41, 5.74) is 9.82. The Labute approximate surface area is 203 Å². The molecule has 2 aromatic carbocycles. The largest absolute Gasteiger partial charge is 0.397 e. The second-order valence-corrected chi connectivity index (χ2v) is 11.9. The average molecular weight is 492 g/mol. The van der Waals surface area contributed by atoms with Gasteiger partial charge in [-0.15, -0.1) is 11.3 Å². The highest BCUT2D eigenvalue weighted by Gasteiger charge is 2.27. The third kappa shape index (κ3) is 5.81. The highest BCUT2D eigenvalue weighted by Crippen LogP contribution is 2.50. The Hall–Kier alpha value is -3.25. The van der Waals surface area contributed by atoms with Crippen LogP contribution in [-0.4, -0.2) is 21.4 Å². The number of nitrogens with two attached hydrogens (primary N) is 1. The van der Waals surface area contributed by atoms with E-state index in [0.717, 1.165) is 21.6 Å². The number of carbonyl (C=O) groups excluding carboxylic acids is 1. The first-order valence-corrected chi connectivity index (χ1v) is 13.7. The van der Waals surface area contributed by atoms with Crippen molar-refractivity contribution in [1.29, 1.82) is 0 Å². The van der Waals surface area contributed by atoms with Crippen LogP contribution < -0.4 is 11.1 Å². The number of hydrogen-bond donors (Lipinski definition) is 3. The van der Waals surface area contributed by atoms with Gasteiger partial charge in [0, 0.05) is 28.5 Å². The van der Waals surface area contributed by atoms with Gasteiger partial charge in [0.15, 0.2) is 0 Å². The number of pyridine rings is 1. The Balaban J connectivity index is 1.41. The van der Waals surface area contributed by atoms with Gasteiger partial charge >= 0.3 is 0 Å². The molecule has 0 radical (unpaired) electrons. The van der Waals surface area contributed by atoms with Gasteiger partial charge in [0.05, 0.1) is 17.5 Å². The molecule has 8 heteroatoms. The quantitative estimate of drug-likeness (QED) is 0.206. The zero-order valence-corrected chi connectivity index (χ0v) is 20.4. The fraction of sp³-hybridized carbons (Fsp3) is 0.154. The monoisotopic (exact) mass is 491 g/mol. The molecule has 2 aromatic heterocycles. The lowest BCUT2D eigenvalue weighted by molar-refractivity contribution is 0.102. The van der Waals surface area contributed by atoms with Crippen LogP contribution in [0.4, 0.5) is 11.4 Å². The number of aromatic nitrogens is 1. The van der Waals surface area contributed by atoms with Gasteiger partial charge in [-0.3, -0.25) is 14.3 Å². The maximum atomic E-state index is 12.9. The number of nitrogens with zero attached hydrogens (tertiary/aromatic N) is 1. The maximum absolute atomic E-state index is 12.9. The van der Waals surface area contributed by atoms with E-state index in [9.17, 15) is 14.3 Å². The Morgan fingerprint density at radius 2 is 1.91 bits per heavy atom. The zero-order valence-electron chi connectivity index (χ0n) is 18.7. The first kappa shape index (κ1) is 23.9. The normalized spacial score (nSPS) is 13.7. The highest BCUT2D eigenvalue weighted by molar-refractivity contribution is 7.57. The van der Waals surface area contributed by atoms with E-state index in [2.05, 4.69) is 10.3 Å². The third-order valence-electron chi connectivity index (χ3n) is 5.68. The maximum Gasteiger partial charge on any atom is 0.255 e. The van der Waals surface area contributed by atoms with E-state index in [-0.39, 0.29) is 12.1 Å². The smallest absolute Gasteiger partial charge is 0.255 e. The molecule has 4 aromatic rings. The molecule has 0 saturated carbocycles. The summed E-state index contributed by atoms with van der Waals surface area (Å²) in [6.07, 6.45) is 3.79. The lowest BCUT2D eigenvalue weighted by atomic mass is 10.1. The van der Waals surface area contributed by atoms with Crippen LogP contribution in [0, 0.1) is 0 Å². The van der Waals surface area contributed by atoms with Crippen LogP contribution in [0.25, 0.3) is 10.4 Å². The summed E-state index contributed by atoms with van der Waals surface area (Å²) in [6.45, 7) is 1.78. The number of carbonyl (C=O) groups is 1. The van der Waals surface area contributed by atoms with Crippen LogP contribution in [0.15, 0.2) is 84.5 Å². The van der Waals surface area contributed by atoms with Crippen LogP contribution in [0.2, 0.25) is 0 Å². The molecule has 2 atom stereocenters. The molecule has 2 heterocycles. The van der Waals surface area contributed by atoms with Crippen molar-refractivity contribution in [3.63, 3.8) is 0 Å². The topological polar surface area (TPSA) is 105 Å². The molecule has 1 amide bonds. The summed E-state index contributed by atoms with van der Waals surface area (Å²) in [7, 11) is -3.41. The molecule has 174 valence electrons. The molecule has 0 aliphatic carbocycles. The molecule has 0 fully saturated rings. The van der Waals surface area contributed by atoms with Crippen molar-refractivity contribution in [1.82, 2.24) is 4.98 Å². The van der Waals surface area contributed by atoms with Gasteiger partial charge in [-0.2, -0.15) is 0 Å². The van der Waals surface area contributed by atoms with E-state index >= 15 is 0 Å². The molecule has 2 unspecified atom stereocenters. The molecular formula is C26H26N3O3PS. The SMILES string of the molecule is CC(Cc1ccc(C(=O)Nc2cc(-c3cccs3)ccc2N)cc1)P(=O)(O)Cc1cccnc1. The van der Waals surface area contributed by atoms with Gasteiger partial charge in [0.25, 0.3) is 5.91 Å².